The van der Waals surface area contributed by atoms with Gasteiger partial charge in [-0.15, -0.1) is 0 Å². The number of ether oxygens (including phenoxy) is 1. The molecular weight excluding hydrogens is 472 g/mol. The van der Waals surface area contributed by atoms with Gasteiger partial charge in [0.15, 0.2) is 0 Å². The lowest BCUT2D eigenvalue weighted by Gasteiger charge is -2.21. The lowest BCUT2D eigenvalue weighted by atomic mass is 9.86. The van der Waals surface area contributed by atoms with E-state index in [1.807, 2.05) is 43.5 Å². The number of aliphatic hydroxyl groups is 1. The van der Waals surface area contributed by atoms with Gasteiger partial charge in [-0.05, 0) is 67.3 Å². The van der Waals surface area contributed by atoms with E-state index in [1.165, 1.54) is 38.5 Å². The van der Waals surface area contributed by atoms with Crippen LogP contribution in [0.2, 0.25) is 0 Å². The van der Waals surface area contributed by atoms with E-state index in [2.05, 4.69) is 28.2 Å². The van der Waals surface area contributed by atoms with E-state index in [-0.39, 0.29) is 11.8 Å². The van der Waals surface area contributed by atoms with Crippen LogP contribution in [0, 0.1) is 17.8 Å². The van der Waals surface area contributed by atoms with Crippen molar-refractivity contribution in [3.8, 4) is 17.6 Å². The zero-order valence-corrected chi connectivity index (χ0v) is 22.5. The number of para-hydroxylation sites is 1. The number of aliphatic hydroxyl groups excluding tert-OH is 1. The number of hydrogen-bond acceptors (Lipinski definition) is 3. The van der Waals surface area contributed by atoms with Crippen LogP contribution in [0.3, 0.4) is 0 Å². The molecule has 1 amide bonds. The van der Waals surface area contributed by atoms with E-state index >= 15 is 0 Å². The second-order valence-electron chi connectivity index (χ2n) is 11.0. The van der Waals surface area contributed by atoms with Crippen molar-refractivity contribution in [2.24, 2.45) is 5.92 Å². The monoisotopic (exact) mass is 512 g/mol. The number of benzene rings is 2. The van der Waals surface area contributed by atoms with Gasteiger partial charge in [-0.25, -0.2) is 0 Å². The van der Waals surface area contributed by atoms with Crippen LogP contribution in [0.1, 0.15) is 104 Å². The molecular formula is C33H40N2O3. The third-order valence-corrected chi connectivity index (χ3v) is 8.23. The van der Waals surface area contributed by atoms with Crippen molar-refractivity contribution in [2.75, 3.05) is 6.61 Å². The fourth-order valence-electron chi connectivity index (χ4n) is 5.98. The number of fused-ring (bicyclic) bond motifs is 2. The number of amides is 1. The van der Waals surface area contributed by atoms with E-state index in [4.69, 9.17) is 4.74 Å². The predicted molar refractivity (Wildman–Crippen MR) is 152 cm³/mol. The summed E-state index contributed by atoms with van der Waals surface area (Å²) in [6, 6.07) is 11.9. The van der Waals surface area contributed by atoms with Crippen molar-refractivity contribution >= 4 is 16.8 Å². The summed E-state index contributed by atoms with van der Waals surface area (Å²) in [5.41, 5.74) is 4.31. The highest BCUT2D eigenvalue weighted by Gasteiger charge is 2.25. The Kier molecular flexibility index (Phi) is 8.71. The Bertz CT molecular complexity index is 1310. The predicted octanol–water partition coefficient (Wildman–Crippen LogP) is 6.84. The molecule has 200 valence electrons. The summed E-state index contributed by atoms with van der Waals surface area (Å²) < 4.78 is 6.04. The van der Waals surface area contributed by atoms with Crippen molar-refractivity contribution in [3.05, 3.63) is 64.8 Å². The molecule has 1 saturated carbocycles. The molecule has 0 saturated heterocycles. The first kappa shape index (κ1) is 26.4. The first-order valence-electron chi connectivity index (χ1n) is 14.4. The highest BCUT2D eigenvalue weighted by Crippen LogP contribution is 2.32. The van der Waals surface area contributed by atoms with Gasteiger partial charge in [0.25, 0.3) is 5.91 Å². The minimum atomic E-state index is -1.04. The molecule has 0 radical (unpaired) electrons. The third kappa shape index (κ3) is 6.25. The zero-order valence-electron chi connectivity index (χ0n) is 22.5. The average Bonchev–Trinajstić information content (AvgIpc) is 3.23. The Morgan fingerprint density at radius 3 is 2.87 bits per heavy atom. The van der Waals surface area contributed by atoms with E-state index in [1.54, 1.807) is 0 Å². The van der Waals surface area contributed by atoms with Crippen LogP contribution in [0.25, 0.3) is 10.9 Å². The molecule has 5 rings (SSSR count). The maximum Gasteiger partial charge on any atom is 0.257 e. The molecule has 1 aliphatic heterocycles. The molecule has 5 nitrogen and oxygen atoms in total. The number of nitrogens with one attached hydrogen (secondary N) is 2. The van der Waals surface area contributed by atoms with Gasteiger partial charge in [-0.3, -0.25) is 4.79 Å². The lowest BCUT2D eigenvalue weighted by Crippen LogP contribution is -2.38. The number of hydrogen-bond donors (Lipinski definition) is 3. The SMILES string of the molecule is CC(c1c[nH]c2ccccc12)[C@@H](O)NC(=O)c1cc(C#CCCCC2CCCCC2)cc2c1OCCCC2. The Hall–Kier alpha value is -3.23. The van der Waals surface area contributed by atoms with Crippen molar-refractivity contribution in [1.29, 1.82) is 0 Å². The van der Waals surface area contributed by atoms with Crippen LogP contribution in [-0.2, 0) is 6.42 Å². The molecule has 1 fully saturated rings. The summed E-state index contributed by atoms with van der Waals surface area (Å²) in [6.07, 6.45) is 13.9. The summed E-state index contributed by atoms with van der Waals surface area (Å²) in [7, 11) is 0. The molecule has 1 unspecified atom stereocenters. The van der Waals surface area contributed by atoms with E-state index in [0.717, 1.165) is 65.6 Å². The van der Waals surface area contributed by atoms with Gasteiger partial charge < -0.3 is 20.1 Å². The smallest absolute Gasteiger partial charge is 0.257 e. The number of aromatic nitrogens is 1. The minimum absolute atomic E-state index is 0.290. The van der Waals surface area contributed by atoms with E-state index in [9.17, 15) is 9.90 Å². The summed E-state index contributed by atoms with van der Waals surface area (Å²) in [6.45, 7) is 2.51. The van der Waals surface area contributed by atoms with Crippen LogP contribution < -0.4 is 10.1 Å². The van der Waals surface area contributed by atoms with Crippen LogP contribution in [0.4, 0.5) is 0 Å². The van der Waals surface area contributed by atoms with Crippen LogP contribution in [0.5, 0.6) is 5.75 Å². The Morgan fingerprint density at radius 1 is 1.16 bits per heavy atom. The maximum absolute atomic E-state index is 13.5. The summed E-state index contributed by atoms with van der Waals surface area (Å²) in [5.74, 6) is 7.56. The molecule has 3 N–H and O–H groups in total. The summed E-state index contributed by atoms with van der Waals surface area (Å²) in [5, 5.41) is 14.9. The second-order valence-corrected chi connectivity index (χ2v) is 11.0. The first-order valence-corrected chi connectivity index (χ1v) is 14.4. The van der Waals surface area contributed by atoms with Gasteiger partial charge in [0.05, 0.1) is 12.2 Å². The highest BCUT2D eigenvalue weighted by molar-refractivity contribution is 5.98. The lowest BCUT2D eigenvalue weighted by molar-refractivity contribution is 0.0724. The summed E-state index contributed by atoms with van der Waals surface area (Å²) in [4.78, 5) is 16.7. The Labute approximate surface area is 226 Å². The number of carbonyl (C=O) groups is 1. The van der Waals surface area contributed by atoms with Gasteiger partial charge in [0, 0.05) is 35.0 Å². The van der Waals surface area contributed by atoms with Crippen LogP contribution >= 0.6 is 0 Å². The molecule has 5 heteroatoms. The Morgan fingerprint density at radius 2 is 2.00 bits per heavy atom. The van der Waals surface area contributed by atoms with Gasteiger partial charge >= 0.3 is 0 Å². The van der Waals surface area contributed by atoms with Crippen LogP contribution in [0.15, 0.2) is 42.6 Å². The number of rotatable bonds is 7. The maximum atomic E-state index is 13.5. The van der Waals surface area contributed by atoms with Crippen molar-refractivity contribution in [2.45, 2.75) is 89.7 Å². The topological polar surface area (TPSA) is 74.4 Å². The fourth-order valence-corrected chi connectivity index (χ4v) is 5.98. The van der Waals surface area contributed by atoms with Crippen molar-refractivity contribution in [1.82, 2.24) is 10.3 Å². The van der Waals surface area contributed by atoms with Gasteiger partial charge in [0.1, 0.15) is 12.0 Å². The fraction of sp³-hybridized carbons (Fsp3) is 0.485. The number of carbonyl (C=O) groups excluding carboxylic acids is 1. The molecule has 2 aromatic carbocycles. The number of unbranched alkanes of at least 4 members (excludes halogenated alkanes) is 1. The molecule has 1 aromatic heterocycles. The van der Waals surface area contributed by atoms with Crippen molar-refractivity contribution < 1.29 is 14.6 Å². The van der Waals surface area contributed by atoms with E-state index < -0.39 is 6.23 Å². The minimum Gasteiger partial charge on any atom is -0.492 e. The molecule has 2 atom stereocenters. The zero-order chi connectivity index (χ0) is 26.3. The highest BCUT2D eigenvalue weighted by atomic mass is 16.5. The standard InChI is InChI=1S/C33H40N2O3/c1-23(29-22-34-30-18-9-8-17-27(29)30)32(36)35-33(37)28-21-25(20-26-16-10-11-19-38-31(26)28)15-7-3-6-14-24-12-4-2-5-13-24/h8-9,17-18,20-24,32,34,36H,2-6,10-14,16,19H2,1H3,(H,35,37)/t23?,32-/m1/s1. The first-order chi connectivity index (χ1) is 18.6. The molecule has 0 bridgehead atoms. The van der Waals surface area contributed by atoms with Gasteiger partial charge in [0.2, 0.25) is 0 Å². The normalized spacial score (nSPS) is 17.4. The third-order valence-electron chi connectivity index (χ3n) is 8.23. The Balaban J connectivity index is 1.30. The van der Waals surface area contributed by atoms with Crippen LogP contribution in [-0.4, -0.2) is 28.8 Å². The molecule has 0 spiro atoms. The largest absolute Gasteiger partial charge is 0.492 e. The number of H-pyrrole nitrogens is 1. The second kappa shape index (κ2) is 12.5. The molecule has 38 heavy (non-hydrogen) atoms. The molecule has 1 aliphatic carbocycles. The quantitative estimate of drug-likeness (QED) is 0.184. The number of aromatic amines is 1. The van der Waals surface area contributed by atoms with Crippen molar-refractivity contribution in [3.63, 3.8) is 0 Å². The number of aryl methyl sites for hydroxylation is 1. The summed E-state index contributed by atoms with van der Waals surface area (Å²) >= 11 is 0. The molecule has 3 aromatic rings. The average molecular weight is 513 g/mol. The van der Waals surface area contributed by atoms with Gasteiger partial charge in [-0.1, -0.05) is 69.1 Å². The molecule has 2 heterocycles. The van der Waals surface area contributed by atoms with E-state index in [0.29, 0.717) is 17.9 Å². The molecule has 2 aliphatic rings. The van der Waals surface area contributed by atoms with Gasteiger partial charge in [-0.2, -0.15) is 0 Å².